The summed E-state index contributed by atoms with van der Waals surface area (Å²) in [5, 5.41) is 0.166. The van der Waals surface area contributed by atoms with Gasteiger partial charge in [-0.15, -0.1) is 0 Å². The summed E-state index contributed by atoms with van der Waals surface area (Å²) in [6, 6.07) is 9.36. The van der Waals surface area contributed by atoms with Crippen LogP contribution in [-0.2, 0) is 19.6 Å². The largest absolute Gasteiger partial charge is 0.497 e. The van der Waals surface area contributed by atoms with Gasteiger partial charge in [0.1, 0.15) is 16.4 Å². The predicted octanol–water partition coefficient (Wildman–Crippen LogP) is 2.77. The summed E-state index contributed by atoms with van der Waals surface area (Å²) in [5.41, 5.74) is 0.796. The number of amides is 2. The Morgan fingerprint density at radius 2 is 1.77 bits per heavy atom. The van der Waals surface area contributed by atoms with Gasteiger partial charge in [0.05, 0.1) is 30.1 Å². The Balaban J connectivity index is 1.72. The van der Waals surface area contributed by atoms with Crippen LogP contribution in [0.5, 0.6) is 11.5 Å². The molecule has 1 aliphatic heterocycles. The van der Waals surface area contributed by atoms with Gasteiger partial charge in [-0.3, -0.25) is 19.2 Å². The minimum absolute atomic E-state index is 0.0770. The molecule has 0 unspecified atom stereocenters. The second-order valence-electron chi connectivity index (χ2n) is 6.42. The molecular formula is C19H17N3O6S2. The second-order valence-corrected chi connectivity index (χ2v) is 9.10. The van der Waals surface area contributed by atoms with E-state index in [9.17, 15) is 18.0 Å². The van der Waals surface area contributed by atoms with Gasteiger partial charge >= 0.3 is 0 Å². The van der Waals surface area contributed by atoms with Crippen molar-refractivity contribution in [3.05, 3.63) is 36.4 Å². The van der Waals surface area contributed by atoms with E-state index in [2.05, 4.69) is 9.71 Å². The van der Waals surface area contributed by atoms with Gasteiger partial charge < -0.3 is 9.47 Å². The molecule has 1 N–H and O–H groups in total. The summed E-state index contributed by atoms with van der Waals surface area (Å²) in [6.07, 6.45) is 0.195. The molecule has 0 radical (unpaired) electrons. The van der Waals surface area contributed by atoms with Gasteiger partial charge in [0.15, 0.2) is 5.13 Å². The molecule has 0 saturated carbocycles. The number of fused-ring (bicyclic) bond motifs is 1. The van der Waals surface area contributed by atoms with E-state index in [1.54, 1.807) is 25.3 Å². The van der Waals surface area contributed by atoms with Crippen LogP contribution in [0.3, 0.4) is 0 Å². The summed E-state index contributed by atoms with van der Waals surface area (Å²) >= 11 is 1.15. The maximum atomic E-state index is 13.1. The van der Waals surface area contributed by atoms with Crippen LogP contribution >= 0.6 is 11.3 Å². The molecule has 2 amide bonds. The SMILES string of the molecule is COc1ccc2nc(NS(=O)(=O)c3cc(N4C(=O)CCC4=O)ccc3OC)sc2c1. The van der Waals surface area contributed by atoms with Gasteiger partial charge in [-0.2, -0.15) is 0 Å². The predicted molar refractivity (Wildman–Crippen MR) is 112 cm³/mol. The van der Waals surface area contributed by atoms with Crippen molar-refractivity contribution in [3.8, 4) is 11.5 Å². The minimum Gasteiger partial charge on any atom is -0.497 e. The number of benzene rings is 2. The van der Waals surface area contributed by atoms with Crippen LogP contribution in [-0.4, -0.2) is 39.4 Å². The van der Waals surface area contributed by atoms with Crippen LogP contribution in [0.25, 0.3) is 10.2 Å². The quantitative estimate of drug-likeness (QED) is 0.578. The molecule has 9 nitrogen and oxygen atoms in total. The Morgan fingerprint density at radius 3 is 2.43 bits per heavy atom. The van der Waals surface area contributed by atoms with Gasteiger partial charge in [-0.1, -0.05) is 11.3 Å². The lowest BCUT2D eigenvalue weighted by atomic mass is 10.2. The first kappa shape index (κ1) is 20.1. The first-order valence-corrected chi connectivity index (χ1v) is 11.1. The topological polar surface area (TPSA) is 115 Å². The lowest BCUT2D eigenvalue weighted by Gasteiger charge is -2.17. The van der Waals surface area contributed by atoms with Gasteiger partial charge in [0.25, 0.3) is 10.0 Å². The van der Waals surface area contributed by atoms with E-state index in [1.165, 1.54) is 25.3 Å². The third kappa shape index (κ3) is 3.57. The van der Waals surface area contributed by atoms with Gasteiger partial charge in [0.2, 0.25) is 11.8 Å². The highest BCUT2D eigenvalue weighted by molar-refractivity contribution is 7.93. The molecule has 2 heterocycles. The molecule has 1 fully saturated rings. The second kappa shape index (κ2) is 7.58. The Hall–Kier alpha value is -3.18. The normalized spacial score (nSPS) is 14.4. The molecule has 0 atom stereocenters. The van der Waals surface area contributed by atoms with Crippen molar-refractivity contribution in [2.45, 2.75) is 17.7 Å². The van der Waals surface area contributed by atoms with Crippen molar-refractivity contribution < 1.29 is 27.5 Å². The van der Waals surface area contributed by atoms with Crippen molar-refractivity contribution in [2.24, 2.45) is 0 Å². The average molecular weight is 447 g/mol. The smallest absolute Gasteiger partial charge is 0.267 e. The fourth-order valence-corrected chi connectivity index (χ4v) is 5.44. The molecule has 11 heteroatoms. The third-order valence-corrected chi connectivity index (χ3v) is 6.99. The van der Waals surface area contributed by atoms with Crippen LogP contribution < -0.4 is 19.1 Å². The van der Waals surface area contributed by atoms with Crippen LogP contribution in [0.4, 0.5) is 10.8 Å². The standard InChI is InChI=1S/C19H17N3O6S2/c1-27-12-4-5-13-15(10-12)29-19(20-13)21-30(25,26)16-9-11(3-6-14(16)28-2)22-17(23)7-8-18(22)24/h3-6,9-10H,7-8H2,1-2H3,(H,20,21). The van der Waals surface area contributed by atoms with Crippen molar-refractivity contribution >= 4 is 54.2 Å². The highest BCUT2D eigenvalue weighted by atomic mass is 32.2. The third-order valence-electron chi connectivity index (χ3n) is 4.56. The Morgan fingerprint density at radius 1 is 1.03 bits per heavy atom. The number of aromatic nitrogens is 1. The van der Waals surface area contributed by atoms with E-state index in [0.717, 1.165) is 20.9 Å². The molecule has 0 spiro atoms. The van der Waals surface area contributed by atoms with E-state index in [-0.39, 0.29) is 46.1 Å². The van der Waals surface area contributed by atoms with Gasteiger partial charge in [-0.25, -0.2) is 13.4 Å². The Labute approximate surface area is 176 Å². The number of carbonyl (C=O) groups is 2. The van der Waals surface area contributed by atoms with Crippen LogP contribution in [0.15, 0.2) is 41.3 Å². The summed E-state index contributed by atoms with van der Waals surface area (Å²) in [5.74, 6) is -0.0359. The summed E-state index contributed by atoms with van der Waals surface area (Å²) < 4.78 is 39.7. The molecule has 30 heavy (non-hydrogen) atoms. The fourth-order valence-electron chi connectivity index (χ4n) is 3.12. The van der Waals surface area contributed by atoms with Crippen molar-refractivity contribution in [3.63, 3.8) is 0 Å². The molecule has 0 bridgehead atoms. The van der Waals surface area contributed by atoms with Crippen LogP contribution in [0, 0.1) is 0 Å². The fraction of sp³-hybridized carbons (Fsp3) is 0.211. The maximum Gasteiger partial charge on any atom is 0.267 e. The molecule has 3 aromatic rings. The van der Waals surface area contributed by atoms with Crippen molar-refractivity contribution in [1.82, 2.24) is 4.98 Å². The molecule has 156 valence electrons. The Bertz CT molecular complexity index is 1250. The number of rotatable bonds is 6. The maximum absolute atomic E-state index is 13.1. The lowest BCUT2D eigenvalue weighted by Crippen LogP contribution is -2.28. The first-order chi connectivity index (χ1) is 14.3. The Kier molecular flexibility index (Phi) is 5.08. The number of methoxy groups -OCH3 is 2. The monoisotopic (exact) mass is 447 g/mol. The van der Waals surface area contributed by atoms with Crippen LogP contribution in [0.2, 0.25) is 0 Å². The van der Waals surface area contributed by atoms with Crippen LogP contribution in [0.1, 0.15) is 12.8 Å². The van der Waals surface area contributed by atoms with E-state index < -0.39 is 10.0 Å². The molecule has 2 aromatic carbocycles. The highest BCUT2D eigenvalue weighted by Gasteiger charge is 2.32. The van der Waals surface area contributed by atoms with E-state index in [0.29, 0.717) is 11.3 Å². The number of anilines is 2. The number of hydrogen-bond donors (Lipinski definition) is 1. The number of hydrogen-bond acceptors (Lipinski definition) is 8. The zero-order valence-electron chi connectivity index (χ0n) is 16.0. The summed E-state index contributed by atoms with van der Waals surface area (Å²) in [7, 11) is -1.23. The number of carbonyl (C=O) groups excluding carboxylic acids is 2. The molecule has 1 aromatic heterocycles. The average Bonchev–Trinajstić information content (AvgIpc) is 3.28. The zero-order chi connectivity index (χ0) is 21.5. The van der Waals surface area contributed by atoms with Gasteiger partial charge in [-0.05, 0) is 36.4 Å². The summed E-state index contributed by atoms with van der Waals surface area (Å²) in [6.45, 7) is 0. The molecular weight excluding hydrogens is 430 g/mol. The molecule has 1 aliphatic rings. The number of thiazole rings is 1. The van der Waals surface area contributed by atoms with E-state index >= 15 is 0 Å². The number of nitrogens with zero attached hydrogens (tertiary/aromatic N) is 2. The molecule has 4 rings (SSSR count). The van der Waals surface area contributed by atoms with Crippen molar-refractivity contribution in [1.29, 1.82) is 0 Å². The van der Waals surface area contributed by atoms with Crippen molar-refractivity contribution in [2.75, 3.05) is 23.8 Å². The minimum atomic E-state index is -4.11. The van der Waals surface area contributed by atoms with Gasteiger partial charge in [0, 0.05) is 12.8 Å². The number of imide groups is 1. The number of sulfonamides is 1. The van der Waals surface area contributed by atoms with E-state index in [1.807, 2.05) is 0 Å². The van der Waals surface area contributed by atoms with E-state index in [4.69, 9.17) is 9.47 Å². The highest BCUT2D eigenvalue weighted by Crippen LogP contribution is 2.34. The molecule has 0 aliphatic carbocycles. The zero-order valence-corrected chi connectivity index (χ0v) is 17.7. The first-order valence-electron chi connectivity index (χ1n) is 8.83. The molecule has 1 saturated heterocycles. The lowest BCUT2D eigenvalue weighted by molar-refractivity contribution is -0.121. The number of ether oxygens (including phenoxy) is 2. The number of nitrogens with one attached hydrogen (secondary N) is 1. The summed E-state index contributed by atoms with van der Waals surface area (Å²) in [4.78, 5) is 29.1.